The molecule has 1 fully saturated rings. The van der Waals surface area contributed by atoms with Crippen LogP contribution in [0.3, 0.4) is 0 Å². The topological polar surface area (TPSA) is 44.6 Å². The van der Waals surface area contributed by atoms with Crippen LogP contribution in [0.15, 0.2) is 30.3 Å². The van der Waals surface area contributed by atoms with E-state index >= 15 is 0 Å². The van der Waals surface area contributed by atoms with Crippen LogP contribution in [0.2, 0.25) is 0 Å². The van der Waals surface area contributed by atoms with Gasteiger partial charge in [-0.25, -0.2) is 0 Å². The molecule has 1 atom stereocenters. The monoisotopic (exact) mass is 383 g/mol. The summed E-state index contributed by atoms with van der Waals surface area (Å²) in [5.74, 6) is 0.544. The normalized spacial score (nSPS) is 17.2. The minimum atomic E-state index is 0.215. The van der Waals surface area contributed by atoms with E-state index in [9.17, 15) is 4.79 Å². The molecule has 2 heterocycles. The standard InChI is InChI=1S/C22H33N5O/c1-24(2)16-20-14-21(23-26(20)5)18-7-6-12-27(15-18)22(28)13-17-8-10-19(11-9-17)25(3)4/h8-11,14,18H,6-7,12-13,15-16H2,1-5H3/t18-/m0/s1. The van der Waals surface area contributed by atoms with Gasteiger partial charge in [0.25, 0.3) is 0 Å². The van der Waals surface area contributed by atoms with Crippen molar-refractivity contribution < 1.29 is 4.79 Å². The molecule has 1 saturated heterocycles. The molecule has 1 aromatic carbocycles. The number of aryl methyl sites for hydroxylation is 1. The molecule has 0 spiro atoms. The van der Waals surface area contributed by atoms with Crippen LogP contribution in [-0.4, -0.2) is 66.8 Å². The molecular weight excluding hydrogens is 350 g/mol. The smallest absolute Gasteiger partial charge is 0.227 e. The van der Waals surface area contributed by atoms with E-state index in [1.54, 1.807) is 0 Å². The Labute approximate surface area is 168 Å². The van der Waals surface area contributed by atoms with Crippen molar-refractivity contribution in [3.8, 4) is 0 Å². The summed E-state index contributed by atoms with van der Waals surface area (Å²) in [6.45, 7) is 2.50. The quantitative estimate of drug-likeness (QED) is 0.769. The van der Waals surface area contributed by atoms with Gasteiger partial charge < -0.3 is 14.7 Å². The van der Waals surface area contributed by atoms with Crippen molar-refractivity contribution in [2.45, 2.75) is 31.7 Å². The Morgan fingerprint density at radius 3 is 2.54 bits per heavy atom. The Balaban J connectivity index is 1.63. The molecule has 1 aliphatic heterocycles. The Kier molecular flexibility index (Phi) is 6.39. The van der Waals surface area contributed by atoms with Gasteiger partial charge in [-0.1, -0.05) is 12.1 Å². The van der Waals surface area contributed by atoms with Gasteiger partial charge in [0.05, 0.1) is 17.8 Å². The highest BCUT2D eigenvalue weighted by Crippen LogP contribution is 2.27. The van der Waals surface area contributed by atoms with Crippen molar-refractivity contribution in [3.63, 3.8) is 0 Å². The van der Waals surface area contributed by atoms with Gasteiger partial charge >= 0.3 is 0 Å². The fraction of sp³-hybridized carbons (Fsp3) is 0.545. The molecule has 3 rings (SSSR count). The molecule has 0 N–H and O–H groups in total. The van der Waals surface area contributed by atoms with Gasteiger partial charge in [-0.3, -0.25) is 9.48 Å². The number of piperidine rings is 1. The molecule has 2 aromatic rings. The van der Waals surface area contributed by atoms with E-state index in [0.717, 1.165) is 49.4 Å². The number of aromatic nitrogens is 2. The predicted octanol–water partition coefficient (Wildman–Crippen LogP) is 2.50. The number of rotatable bonds is 6. The van der Waals surface area contributed by atoms with Crippen molar-refractivity contribution in [1.29, 1.82) is 0 Å². The zero-order valence-corrected chi connectivity index (χ0v) is 17.9. The van der Waals surface area contributed by atoms with Crippen LogP contribution in [-0.2, 0) is 24.8 Å². The zero-order chi connectivity index (χ0) is 20.3. The molecule has 0 saturated carbocycles. The van der Waals surface area contributed by atoms with Gasteiger partial charge in [0.15, 0.2) is 0 Å². The first-order chi connectivity index (χ1) is 13.3. The summed E-state index contributed by atoms with van der Waals surface area (Å²) in [6, 6.07) is 10.5. The van der Waals surface area contributed by atoms with Gasteiger partial charge in [-0.2, -0.15) is 5.10 Å². The molecule has 6 heteroatoms. The van der Waals surface area contributed by atoms with E-state index < -0.39 is 0 Å². The maximum absolute atomic E-state index is 12.9. The van der Waals surface area contributed by atoms with Crippen molar-refractivity contribution in [2.75, 3.05) is 46.2 Å². The molecule has 28 heavy (non-hydrogen) atoms. The van der Waals surface area contributed by atoms with Crippen LogP contribution in [0.25, 0.3) is 0 Å². The molecule has 0 aliphatic carbocycles. The maximum Gasteiger partial charge on any atom is 0.227 e. The van der Waals surface area contributed by atoms with Gasteiger partial charge in [-0.05, 0) is 50.7 Å². The van der Waals surface area contributed by atoms with Crippen LogP contribution in [0.1, 0.15) is 35.7 Å². The van der Waals surface area contributed by atoms with E-state index in [1.807, 2.05) is 30.7 Å². The van der Waals surface area contributed by atoms with Gasteiger partial charge in [-0.15, -0.1) is 0 Å². The summed E-state index contributed by atoms with van der Waals surface area (Å²) < 4.78 is 1.97. The number of hydrogen-bond donors (Lipinski definition) is 0. The number of nitrogens with zero attached hydrogens (tertiary/aromatic N) is 5. The van der Waals surface area contributed by atoms with Gasteiger partial charge in [0.1, 0.15) is 0 Å². The average molecular weight is 384 g/mol. The summed E-state index contributed by atoms with van der Waals surface area (Å²) in [6.07, 6.45) is 2.60. The van der Waals surface area contributed by atoms with Crippen LogP contribution >= 0.6 is 0 Å². The minimum Gasteiger partial charge on any atom is -0.378 e. The summed E-state index contributed by atoms with van der Waals surface area (Å²) in [5.41, 5.74) is 4.55. The third kappa shape index (κ3) is 4.93. The Bertz CT molecular complexity index is 794. The highest BCUT2D eigenvalue weighted by atomic mass is 16.2. The lowest BCUT2D eigenvalue weighted by atomic mass is 9.94. The molecule has 0 radical (unpaired) electrons. The second-order valence-corrected chi connectivity index (χ2v) is 8.34. The number of hydrogen-bond acceptors (Lipinski definition) is 4. The van der Waals surface area contributed by atoms with Crippen LogP contribution in [0.4, 0.5) is 5.69 Å². The number of likely N-dealkylation sites (tertiary alicyclic amines) is 1. The fourth-order valence-electron chi connectivity index (χ4n) is 3.85. The number of carbonyl (C=O) groups is 1. The molecule has 1 aliphatic rings. The lowest BCUT2D eigenvalue weighted by Gasteiger charge is -2.32. The van der Waals surface area contributed by atoms with Crippen molar-refractivity contribution >= 4 is 11.6 Å². The lowest BCUT2D eigenvalue weighted by molar-refractivity contribution is -0.131. The third-order valence-corrected chi connectivity index (χ3v) is 5.47. The van der Waals surface area contributed by atoms with Gasteiger partial charge in [0, 0.05) is 52.4 Å². The highest BCUT2D eigenvalue weighted by Gasteiger charge is 2.27. The number of benzene rings is 1. The maximum atomic E-state index is 12.9. The highest BCUT2D eigenvalue weighted by molar-refractivity contribution is 5.79. The molecule has 152 valence electrons. The molecule has 6 nitrogen and oxygen atoms in total. The molecule has 1 amide bonds. The van der Waals surface area contributed by atoms with E-state index in [-0.39, 0.29) is 5.91 Å². The van der Waals surface area contributed by atoms with Crippen molar-refractivity contribution in [3.05, 3.63) is 47.3 Å². The summed E-state index contributed by atoms with van der Waals surface area (Å²) >= 11 is 0. The molecule has 1 aromatic heterocycles. The van der Waals surface area contributed by atoms with E-state index in [1.165, 1.54) is 5.69 Å². The number of amides is 1. The molecular formula is C22H33N5O. The van der Waals surface area contributed by atoms with E-state index in [4.69, 9.17) is 5.10 Å². The van der Waals surface area contributed by atoms with E-state index in [2.05, 4.69) is 54.2 Å². The zero-order valence-electron chi connectivity index (χ0n) is 17.9. The number of anilines is 1. The first kappa shape index (κ1) is 20.4. The Hall–Kier alpha value is -2.34. The summed E-state index contributed by atoms with van der Waals surface area (Å²) in [4.78, 5) is 19.1. The summed E-state index contributed by atoms with van der Waals surface area (Å²) in [7, 11) is 10.2. The van der Waals surface area contributed by atoms with Crippen molar-refractivity contribution in [2.24, 2.45) is 7.05 Å². The average Bonchev–Trinajstić information content (AvgIpc) is 3.02. The first-order valence-electron chi connectivity index (χ1n) is 10.0. The molecule has 0 unspecified atom stereocenters. The van der Waals surface area contributed by atoms with Crippen LogP contribution in [0, 0.1) is 0 Å². The predicted molar refractivity (Wildman–Crippen MR) is 114 cm³/mol. The molecule has 0 bridgehead atoms. The first-order valence-corrected chi connectivity index (χ1v) is 10.0. The van der Waals surface area contributed by atoms with Gasteiger partial charge in [0.2, 0.25) is 5.91 Å². The Morgan fingerprint density at radius 2 is 1.89 bits per heavy atom. The SMILES string of the molecule is CN(C)Cc1cc([C@H]2CCCN(C(=O)Cc3ccc(N(C)C)cc3)C2)nn1C. The fourth-order valence-corrected chi connectivity index (χ4v) is 3.85. The second-order valence-electron chi connectivity index (χ2n) is 8.34. The minimum absolute atomic E-state index is 0.215. The lowest BCUT2D eigenvalue weighted by Crippen LogP contribution is -2.40. The second kappa shape index (κ2) is 8.78. The third-order valence-electron chi connectivity index (χ3n) is 5.47. The van der Waals surface area contributed by atoms with E-state index in [0.29, 0.717) is 12.3 Å². The Morgan fingerprint density at radius 1 is 1.18 bits per heavy atom. The van der Waals surface area contributed by atoms with Crippen LogP contribution in [0.5, 0.6) is 0 Å². The van der Waals surface area contributed by atoms with Crippen molar-refractivity contribution in [1.82, 2.24) is 19.6 Å². The largest absolute Gasteiger partial charge is 0.378 e. The summed E-state index contributed by atoms with van der Waals surface area (Å²) in [5, 5.41) is 4.74. The van der Waals surface area contributed by atoms with Crippen LogP contribution < -0.4 is 4.90 Å². The number of carbonyl (C=O) groups excluding carboxylic acids is 1.